The van der Waals surface area contributed by atoms with E-state index in [1.54, 1.807) is 0 Å². The van der Waals surface area contributed by atoms with Gasteiger partial charge in [-0.15, -0.1) is 6.58 Å². The summed E-state index contributed by atoms with van der Waals surface area (Å²) in [6, 6.07) is 0.225. The lowest BCUT2D eigenvalue weighted by Gasteiger charge is -2.43. The Labute approximate surface area is 122 Å². The molecule has 0 amide bonds. The molecule has 0 bridgehead atoms. The van der Waals surface area contributed by atoms with Gasteiger partial charge in [0.15, 0.2) is 0 Å². The summed E-state index contributed by atoms with van der Waals surface area (Å²) < 4.78 is 0. The molecular weight excluding hydrogens is 250 g/mol. The Morgan fingerprint density at radius 2 is 1.74 bits per heavy atom. The van der Waals surface area contributed by atoms with E-state index in [4.69, 9.17) is 5.73 Å². The van der Waals surface area contributed by atoms with E-state index in [1.807, 2.05) is 6.08 Å². The first-order valence-electron chi connectivity index (χ1n) is 8.21. The SMILES string of the molecule is C=CC(N)[C@]1(CC2CC2)CC[C@H](SCC2CC2)CC1. The zero-order valence-electron chi connectivity index (χ0n) is 12.2. The highest BCUT2D eigenvalue weighted by molar-refractivity contribution is 7.99. The van der Waals surface area contributed by atoms with Crippen LogP contribution in [-0.2, 0) is 0 Å². The third-order valence-electron chi connectivity index (χ3n) is 5.55. The monoisotopic (exact) mass is 279 g/mol. The van der Waals surface area contributed by atoms with Crippen molar-refractivity contribution in [2.75, 3.05) is 5.75 Å². The normalized spacial score (nSPS) is 37.0. The summed E-state index contributed by atoms with van der Waals surface area (Å²) in [6.45, 7) is 3.97. The summed E-state index contributed by atoms with van der Waals surface area (Å²) in [7, 11) is 0. The first kappa shape index (κ1) is 14.0. The van der Waals surface area contributed by atoms with Gasteiger partial charge >= 0.3 is 0 Å². The molecule has 0 aromatic rings. The van der Waals surface area contributed by atoms with Gasteiger partial charge in [-0.05, 0) is 67.9 Å². The van der Waals surface area contributed by atoms with E-state index < -0.39 is 0 Å². The summed E-state index contributed by atoms with van der Waals surface area (Å²) in [5, 5.41) is 0.921. The van der Waals surface area contributed by atoms with Crippen molar-refractivity contribution < 1.29 is 0 Å². The fraction of sp³-hybridized carbons (Fsp3) is 0.882. The van der Waals surface area contributed by atoms with Crippen molar-refractivity contribution in [2.24, 2.45) is 23.0 Å². The smallest absolute Gasteiger partial charge is 0.0278 e. The van der Waals surface area contributed by atoms with Gasteiger partial charge in [-0.3, -0.25) is 0 Å². The average Bonchev–Trinajstić information content (AvgIpc) is 3.32. The van der Waals surface area contributed by atoms with Crippen LogP contribution in [-0.4, -0.2) is 17.0 Å². The molecule has 3 fully saturated rings. The maximum Gasteiger partial charge on any atom is 0.0278 e. The van der Waals surface area contributed by atoms with Gasteiger partial charge in [0.1, 0.15) is 0 Å². The number of hydrogen-bond acceptors (Lipinski definition) is 2. The van der Waals surface area contributed by atoms with Crippen LogP contribution >= 0.6 is 11.8 Å². The Kier molecular flexibility index (Phi) is 4.28. The van der Waals surface area contributed by atoms with Crippen molar-refractivity contribution >= 4 is 11.8 Å². The minimum atomic E-state index is 0.225. The lowest BCUT2D eigenvalue weighted by molar-refractivity contribution is 0.145. The minimum absolute atomic E-state index is 0.225. The van der Waals surface area contributed by atoms with Gasteiger partial charge < -0.3 is 5.73 Å². The molecule has 3 rings (SSSR count). The molecular formula is C17H29NS. The van der Waals surface area contributed by atoms with Crippen LogP contribution < -0.4 is 5.73 Å². The minimum Gasteiger partial charge on any atom is -0.324 e. The molecule has 0 saturated heterocycles. The van der Waals surface area contributed by atoms with Crippen LogP contribution in [0.5, 0.6) is 0 Å². The van der Waals surface area contributed by atoms with Crippen LogP contribution in [0.2, 0.25) is 0 Å². The van der Waals surface area contributed by atoms with Crippen molar-refractivity contribution in [3.63, 3.8) is 0 Å². The first-order valence-corrected chi connectivity index (χ1v) is 9.26. The van der Waals surface area contributed by atoms with E-state index in [9.17, 15) is 0 Å². The average molecular weight is 279 g/mol. The Bertz CT molecular complexity index is 311. The summed E-state index contributed by atoms with van der Waals surface area (Å²) in [5.74, 6) is 3.48. The molecule has 1 atom stereocenters. The number of thioether (sulfide) groups is 1. The topological polar surface area (TPSA) is 26.0 Å². The van der Waals surface area contributed by atoms with E-state index in [2.05, 4.69) is 18.3 Å². The van der Waals surface area contributed by atoms with Crippen LogP contribution in [0.3, 0.4) is 0 Å². The predicted molar refractivity (Wildman–Crippen MR) is 85.4 cm³/mol. The molecule has 0 radical (unpaired) electrons. The van der Waals surface area contributed by atoms with E-state index in [0.717, 1.165) is 17.1 Å². The van der Waals surface area contributed by atoms with Crippen molar-refractivity contribution in [3.05, 3.63) is 12.7 Å². The highest BCUT2D eigenvalue weighted by Gasteiger charge is 2.43. The Hall–Kier alpha value is 0.0500. The second-order valence-electron chi connectivity index (χ2n) is 7.25. The molecule has 3 aliphatic rings. The predicted octanol–water partition coefficient (Wildman–Crippen LogP) is 4.37. The van der Waals surface area contributed by atoms with E-state index in [0.29, 0.717) is 5.41 Å². The van der Waals surface area contributed by atoms with Crippen molar-refractivity contribution in [3.8, 4) is 0 Å². The second kappa shape index (κ2) is 5.81. The zero-order valence-corrected chi connectivity index (χ0v) is 13.0. The Morgan fingerprint density at radius 3 is 2.26 bits per heavy atom. The van der Waals surface area contributed by atoms with Crippen molar-refractivity contribution in [2.45, 2.75) is 69.1 Å². The zero-order chi connectivity index (χ0) is 13.3. The fourth-order valence-electron chi connectivity index (χ4n) is 3.71. The summed E-state index contributed by atoms with van der Waals surface area (Å²) in [4.78, 5) is 0. The Balaban J connectivity index is 1.52. The van der Waals surface area contributed by atoms with Crippen molar-refractivity contribution in [1.29, 1.82) is 0 Å². The molecule has 3 saturated carbocycles. The van der Waals surface area contributed by atoms with Crippen LogP contribution in [0.4, 0.5) is 0 Å². The summed E-state index contributed by atoms with van der Waals surface area (Å²) >= 11 is 2.26. The summed E-state index contributed by atoms with van der Waals surface area (Å²) in [6.07, 6.45) is 14.8. The maximum atomic E-state index is 6.41. The van der Waals surface area contributed by atoms with Gasteiger partial charge in [0.05, 0.1) is 0 Å². The van der Waals surface area contributed by atoms with Crippen LogP contribution in [0, 0.1) is 17.3 Å². The highest BCUT2D eigenvalue weighted by Crippen LogP contribution is 2.51. The molecule has 108 valence electrons. The largest absolute Gasteiger partial charge is 0.324 e. The van der Waals surface area contributed by atoms with Gasteiger partial charge in [0.2, 0.25) is 0 Å². The first-order chi connectivity index (χ1) is 9.22. The molecule has 0 aromatic carbocycles. The van der Waals surface area contributed by atoms with Crippen molar-refractivity contribution in [1.82, 2.24) is 0 Å². The maximum absolute atomic E-state index is 6.41. The quantitative estimate of drug-likeness (QED) is 0.700. The van der Waals surface area contributed by atoms with Crippen LogP contribution in [0.1, 0.15) is 57.8 Å². The van der Waals surface area contributed by atoms with Gasteiger partial charge in [0, 0.05) is 11.3 Å². The van der Waals surface area contributed by atoms with E-state index in [-0.39, 0.29) is 6.04 Å². The molecule has 2 heteroatoms. The third kappa shape index (κ3) is 3.58. The molecule has 0 spiro atoms. The molecule has 3 aliphatic carbocycles. The second-order valence-corrected chi connectivity index (χ2v) is 8.58. The highest BCUT2D eigenvalue weighted by atomic mass is 32.2. The van der Waals surface area contributed by atoms with Gasteiger partial charge in [-0.1, -0.05) is 18.9 Å². The number of rotatable bonds is 7. The van der Waals surface area contributed by atoms with E-state index >= 15 is 0 Å². The van der Waals surface area contributed by atoms with Crippen LogP contribution in [0.25, 0.3) is 0 Å². The fourth-order valence-corrected chi connectivity index (χ4v) is 5.16. The molecule has 0 aliphatic heterocycles. The van der Waals surface area contributed by atoms with Gasteiger partial charge in [0.25, 0.3) is 0 Å². The third-order valence-corrected chi connectivity index (χ3v) is 7.15. The number of hydrogen-bond donors (Lipinski definition) is 1. The van der Waals surface area contributed by atoms with Gasteiger partial charge in [-0.25, -0.2) is 0 Å². The molecule has 0 aromatic heterocycles. The molecule has 1 unspecified atom stereocenters. The lowest BCUT2D eigenvalue weighted by Crippen LogP contribution is -2.44. The van der Waals surface area contributed by atoms with Gasteiger partial charge in [-0.2, -0.15) is 11.8 Å². The molecule has 2 N–H and O–H groups in total. The Morgan fingerprint density at radius 1 is 1.11 bits per heavy atom. The number of nitrogens with two attached hydrogens (primary N) is 1. The molecule has 1 nitrogen and oxygen atoms in total. The van der Waals surface area contributed by atoms with E-state index in [1.165, 1.54) is 63.5 Å². The molecule has 19 heavy (non-hydrogen) atoms. The standard InChI is InChI=1S/C17H29NS/c1-2-16(18)17(11-13-3-4-13)9-7-15(8-10-17)19-12-14-5-6-14/h2,13-16H,1,3-12,18H2/t15-,16?,17+. The van der Waals surface area contributed by atoms with Crippen LogP contribution in [0.15, 0.2) is 12.7 Å². The molecule has 0 heterocycles. The lowest BCUT2D eigenvalue weighted by atomic mass is 9.66. The summed E-state index contributed by atoms with van der Waals surface area (Å²) in [5.41, 5.74) is 6.81.